The van der Waals surface area contributed by atoms with E-state index in [4.69, 9.17) is 11.6 Å². The fourth-order valence-electron chi connectivity index (χ4n) is 4.37. The average Bonchev–Trinajstić information content (AvgIpc) is 3.07. The molecule has 2 aromatic carbocycles. The molecule has 0 saturated carbocycles. The fraction of sp³-hybridized carbons (Fsp3) is 0.400. The Morgan fingerprint density at radius 2 is 1.77 bits per heavy atom. The summed E-state index contributed by atoms with van der Waals surface area (Å²) in [6.45, 7) is 7.58. The molecule has 158 valence electrons. The van der Waals surface area contributed by atoms with E-state index in [2.05, 4.69) is 51.2 Å². The van der Waals surface area contributed by atoms with E-state index in [1.807, 2.05) is 32.0 Å². The Kier molecular flexibility index (Phi) is 6.45. The summed E-state index contributed by atoms with van der Waals surface area (Å²) >= 11 is 6.46. The zero-order chi connectivity index (χ0) is 21.1. The summed E-state index contributed by atoms with van der Waals surface area (Å²) in [5.41, 5.74) is 3.66. The minimum Gasteiger partial charge on any atom is -0.354 e. The quantitative estimate of drug-likeness (QED) is 0.600. The zero-order valence-electron chi connectivity index (χ0n) is 17.8. The molecule has 1 amide bonds. The van der Waals surface area contributed by atoms with Crippen molar-refractivity contribution in [2.75, 3.05) is 13.1 Å². The van der Waals surface area contributed by atoms with Crippen molar-refractivity contribution in [3.05, 3.63) is 70.9 Å². The summed E-state index contributed by atoms with van der Waals surface area (Å²) < 4.78 is 2.38. The van der Waals surface area contributed by atoms with Crippen LogP contribution in [-0.4, -0.2) is 34.5 Å². The molecule has 0 aliphatic carbocycles. The molecule has 0 unspecified atom stereocenters. The maximum absolute atomic E-state index is 12.3. The molecule has 1 N–H and O–H groups in total. The summed E-state index contributed by atoms with van der Waals surface area (Å²) in [4.78, 5) is 14.8. The maximum atomic E-state index is 12.3. The van der Waals surface area contributed by atoms with Gasteiger partial charge in [0.1, 0.15) is 0 Å². The third-order valence-corrected chi connectivity index (χ3v) is 6.33. The van der Waals surface area contributed by atoms with E-state index in [1.54, 1.807) is 0 Å². The van der Waals surface area contributed by atoms with Gasteiger partial charge in [-0.05, 0) is 68.9 Å². The van der Waals surface area contributed by atoms with Crippen molar-refractivity contribution in [2.45, 2.75) is 45.8 Å². The second-order valence-electron chi connectivity index (χ2n) is 8.59. The first-order valence-electron chi connectivity index (χ1n) is 10.8. The average molecular weight is 424 g/mol. The molecule has 1 aromatic heterocycles. The van der Waals surface area contributed by atoms with Crippen molar-refractivity contribution in [2.24, 2.45) is 5.92 Å². The third-order valence-electron chi connectivity index (χ3n) is 5.96. The van der Waals surface area contributed by atoms with Crippen LogP contribution in [0.4, 0.5) is 0 Å². The number of benzene rings is 2. The van der Waals surface area contributed by atoms with Crippen molar-refractivity contribution in [1.29, 1.82) is 0 Å². The van der Waals surface area contributed by atoms with Crippen LogP contribution in [-0.2, 0) is 17.9 Å². The van der Waals surface area contributed by atoms with Gasteiger partial charge in [0.05, 0.1) is 0 Å². The number of hydrogen-bond donors (Lipinski definition) is 1. The predicted octanol–water partition coefficient (Wildman–Crippen LogP) is 5.08. The molecule has 0 atom stereocenters. The molecule has 1 fully saturated rings. The summed E-state index contributed by atoms with van der Waals surface area (Å²) in [6.07, 6.45) is 1.84. The molecule has 0 radical (unpaired) electrons. The van der Waals surface area contributed by atoms with Crippen molar-refractivity contribution < 1.29 is 4.79 Å². The molecule has 1 aliphatic rings. The van der Waals surface area contributed by atoms with Gasteiger partial charge in [0, 0.05) is 41.3 Å². The molecule has 3 aromatic rings. The number of para-hydroxylation sites is 1. The van der Waals surface area contributed by atoms with Crippen molar-refractivity contribution in [1.82, 2.24) is 14.8 Å². The van der Waals surface area contributed by atoms with Crippen LogP contribution < -0.4 is 5.32 Å². The number of hydrogen-bond acceptors (Lipinski definition) is 2. The largest absolute Gasteiger partial charge is 0.354 e. The predicted molar refractivity (Wildman–Crippen MR) is 124 cm³/mol. The lowest BCUT2D eigenvalue weighted by atomic mass is 9.95. The Morgan fingerprint density at radius 3 is 2.50 bits per heavy atom. The monoisotopic (exact) mass is 423 g/mol. The number of nitrogens with one attached hydrogen (secondary N) is 1. The topological polar surface area (TPSA) is 37.3 Å². The number of carbonyl (C=O) groups excluding carboxylic acids is 1. The molecule has 4 rings (SSSR count). The van der Waals surface area contributed by atoms with E-state index in [1.165, 1.54) is 16.6 Å². The van der Waals surface area contributed by atoms with E-state index >= 15 is 0 Å². The molecular formula is C25H30ClN3O. The van der Waals surface area contributed by atoms with Crippen molar-refractivity contribution in [3.63, 3.8) is 0 Å². The Hall–Kier alpha value is -2.30. The van der Waals surface area contributed by atoms with Crippen LogP contribution in [0.5, 0.6) is 0 Å². The summed E-state index contributed by atoms with van der Waals surface area (Å²) in [6, 6.07) is 19.1. The van der Waals surface area contributed by atoms with Gasteiger partial charge in [0.25, 0.3) is 0 Å². The van der Waals surface area contributed by atoms with Crippen LogP contribution in [0.15, 0.2) is 54.6 Å². The molecule has 4 nitrogen and oxygen atoms in total. The van der Waals surface area contributed by atoms with Gasteiger partial charge in [-0.1, -0.05) is 48.0 Å². The van der Waals surface area contributed by atoms with Gasteiger partial charge in [-0.15, -0.1) is 0 Å². The second-order valence-corrected chi connectivity index (χ2v) is 8.99. The lowest BCUT2D eigenvalue weighted by molar-refractivity contribution is -0.127. The number of nitrogens with zero attached hydrogens (tertiary/aromatic N) is 2. The van der Waals surface area contributed by atoms with E-state index in [0.717, 1.165) is 49.6 Å². The number of halogens is 1. The molecule has 0 bridgehead atoms. The van der Waals surface area contributed by atoms with Gasteiger partial charge in [0.2, 0.25) is 5.91 Å². The van der Waals surface area contributed by atoms with E-state index in [-0.39, 0.29) is 17.9 Å². The van der Waals surface area contributed by atoms with Gasteiger partial charge in [-0.25, -0.2) is 0 Å². The van der Waals surface area contributed by atoms with E-state index < -0.39 is 0 Å². The van der Waals surface area contributed by atoms with Crippen LogP contribution in [0.25, 0.3) is 10.9 Å². The number of rotatable bonds is 6. The first kappa shape index (κ1) is 21.0. The highest BCUT2D eigenvalue weighted by Gasteiger charge is 2.26. The molecule has 0 spiro atoms. The van der Waals surface area contributed by atoms with E-state index in [9.17, 15) is 4.79 Å². The van der Waals surface area contributed by atoms with Gasteiger partial charge in [-0.2, -0.15) is 0 Å². The first-order chi connectivity index (χ1) is 14.5. The Bertz CT molecular complexity index is 1020. The molecule has 2 heterocycles. The van der Waals surface area contributed by atoms with E-state index in [0.29, 0.717) is 0 Å². The van der Waals surface area contributed by atoms with Crippen LogP contribution in [0.2, 0.25) is 5.02 Å². The molecule has 5 heteroatoms. The number of amides is 1. The SMILES string of the molecule is CC(C)NC(=O)C1CCN(Cc2cc3ccccc3n2Cc2ccccc2Cl)CC1. The zero-order valence-corrected chi connectivity index (χ0v) is 18.5. The number of fused-ring (bicyclic) bond motifs is 1. The smallest absolute Gasteiger partial charge is 0.223 e. The molecule has 1 saturated heterocycles. The van der Waals surface area contributed by atoms with Gasteiger partial charge in [-0.3, -0.25) is 9.69 Å². The fourth-order valence-corrected chi connectivity index (χ4v) is 4.56. The molecular weight excluding hydrogens is 394 g/mol. The summed E-state index contributed by atoms with van der Waals surface area (Å²) in [5.74, 6) is 0.343. The standard InChI is InChI=1S/C25H30ClN3O/c1-18(2)27-25(30)19-11-13-28(14-12-19)17-22-15-20-7-4-6-10-24(20)29(22)16-21-8-3-5-9-23(21)26/h3-10,15,18-19H,11-14,16-17H2,1-2H3,(H,27,30). The summed E-state index contributed by atoms with van der Waals surface area (Å²) in [7, 11) is 0. The highest BCUT2D eigenvalue weighted by molar-refractivity contribution is 6.31. The van der Waals surface area contributed by atoms with Crippen LogP contribution in [0, 0.1) is 5.92 Å². The molecule has 30 heavy (non-hydrogen) atoms. The highest BCUT2D eigenvalue weighted by Crippen LogP contribution is 2.26. The Morgan fingerprint density at radius 1 is 1.07 bits per heavy atom. The molecule has 1 aliphatic heterocycles. The van der Waals surface area contributed by atoms with Gasteiger partial charge < -0.3 is 9.88 Å². The third kappa shape index (κ3) is 4.71. The number of aromatic nitrogens is 1. The number of carbonyl (C=O) groups is 1. The Balaban J connectivity index is 1.51. The van der Waals surface area contributed by atoms with Gasteiger partial charge >= 0.3 is 0 Å². The Labute approximate surface area is 183 Å². The van der Waals surface area contributed by atoms with Crippen LogP contribution >= 0.6 is 11.6 Å². The second kappa shape index (κ2) is 9.23. The minimum atomic E-state index is 0.137. The first-order valence-corrected chi connectivity index (χ1v) is 11.2. The lowest BCUT2D eigenvalue weighted by Crippen LogP contribution is -2.42. The lowest BCUT2D eigenvalue weighted by Gasteiger charge is -2.32. The van der Waals surface area contributed by atoms with Crippen LogP contribution in [0.1, 0.15) is 37.9 Å². The summed E-state index contributed by atoms with van der Waals surface area (Å²) in [5, 5.41) is 5.12. The minimum absolute atomic E-state index is 0.137. The van der Waals surface area contributed by atoms with Crippen molar-refractivity contribution >= 4 is 28.4 Å². The number of likely N-dealkylation sites (tertiary alicyclic amines) is 1. The number of piperidine rings is 1. The van der Waals surface area contributed by atoms with Crippen molar-refractivity contribution in [3.8, 4) is 0 Å². The van der Waals surface area contributed by atoms with Crippen LogP contribution in [0.3, 0.4) is 0 Å². The maximum Gasteiger partial charge on any atom is 0.223 e. The normalized spacial score (nSPS) is 15.7. The highest BCUT2D eigenvalue weighted by atomic mass is 35.5. The van der Waals surface area contributed by atoms with Gasteiger partial charge in [0.15, 0.2) is 0 Å².